The molecule has 13 heavy (non-hydrogen) atoms. The monoisotopic (exact) mass is 185 g/mol. The highest BCUT2D eigenvalue weighted by atomic mass is 16.1. The van der Waals surface area contributed by atoms with Crippen LogP contribution in [0.2, 0.25) is 0 Å². The van der Waals surface area contributed by atoms with Crippen molar-refractivity contribution in [2.24, 2.45) is 5.92 Å². The molecule has 2 atom stereocenters. The van der Waals surface area contributed by atoms with Crippen molar-refractivity contribution in [2.45, 2.75) is 53.1 Å². The lowest BCUT2D eigenvalue weighted by molar-refractivity contribution is -0.118. The van der Waals surface area contributed by atoms with E-state index in [0.29, 0.717) is 24.4 Å². The lowest BCUT2D eigenvalue weighted by atomic mass is 10.0. The van der Waals surface area contributed by atoms with E-state index in [0.717, 1.165) is 0 Å². The summed E-state index contributed by atoms with van der Waals surface area (Å²) in [6, 6.07) is 0.893. The summed E-state index contributed by atoms with van der Waals surface area (Å²) >= 11 is 0. The summed E-state index contributed by atoms with van der Waals surface area (Å²) < 4.78 is 0. The third kappa shape index (κ3) is 4.41. The quantitative estimate of drug-likeness (QED) is 0.655. The van der Waals surface area contributed by atoms with Crippen LogP contribution in [0.4, 0.5) is 0 Å². The molecule has 2 heteroatoms. The molecular weight excluding hydrogens is 162 g/mol. The van der Waals surface area contributed by atoms with Crippen LogP contribution in [0.5, 0.6) is 0 Å². The van der Waals surface area contributed by atoms with Crippen LogP contribution >= 0.6 is 0 Å². The summed E-state index contributed by atoms with van der Waals surface area (Å²) in [6.07, 6.45) is 0.660. The Kier molecular flexibility index (Phi) is 5.23. The van der Waals surface area contributed by atoms with Gasteiger partial charge in [0.25, 0.3) is 0 Å². The van der Waals surface area contributed by atoms with Crippen molar-refractivity contribution in [3.8, 4) is 0 Å². The summed E-state index contributed by atoms with van der Waals surface area (Å²) in [5.41, 5.74) is 0. The second-order valence-electron chi connectivity index (χ2n) is 4.41. The molecule has 0 rings (SSSR count). The molecule has 0 aromatic heterocycles. The lowest BCUT2D eigenvalue weighted by Crippen LogP contribution is -2.40. The fourth-order valence-corrected chi connectivity index (χ4v) is 1.43. The number of carbonyl (C=O) groups excluding carboxylic acids is 1. The molecule has 0 saturated heterocycles. The molecule has 0 heterocycles. The molecule has 2 nitrogen and oxygen atoms in total. The highest BCUT2D eigenvalue weighted by Crippen LogP contribution is 2.13. The average Bonchev–Trinajstić information content (AvgIpc) is 2.00. The fourth-order valence-electron chi connectivity index (χ4n) is 1.43. The van der Waals surface area contributed by atoms with Crippen LogP contribution < -0.4 is 0 Å². The zero-order valence-electron chi connectivity index (χ0n) is 9.79. The number of ketones is 1. The molecular formula is C11H23NO. The summed E-state index contributed by atoms with van der Waals surface area (Å²) in [7, 11) is 2.10. The van der Waals surface area contributed by atoms with Gasteiger partial charge in [0.05, 0.1) is 0 Å². The van der Waals surface area contributed by atoms with Crippen LogP contribution in [0.25, 0.3) is 0 Å². The molecule has 0 aliphatic carbocycles. The Morgan fingerprint density at radius 1 is 1.23 bits per heavy atom. The Labute approximate surface area is 82.3 Å². The van der Waals surface area contributed by atoms with E-state index in [1.165, 1.54) is 0 Å². The highest BCUT2D eigenvalue weighted by Gasteiger charge is 2.19. The first-order chi connectivity index (χ1) is 5.86. The van der Waals surface area contributed by atoms with Crippen LogP contribution in [0.1, 0.15) is 41.0 Å². The number of hydrogen-bond donors (Lipinski definition) is 0. The zero-order valence-corrected chi connectivity index (χ0v) is 9.79. The molecule has 0 spiro atoms. The molecule has 0 N–H and O–H groups in total. The third-order valence-corrected chi connectivity index (χ3v) is 2.89. The Morgan fingerprint density at radius 3 is 2.00 bits per heavy atom. The molecule has 0 aromatic carbocycles. The first kappa shape index (κ1) is 12.6. The second kappa shape index (κ2) is 5.38. The minimum absolute atomic E-state index is 0.273. The van der Waals surface area contributed by atoms with Gasteiger partial charge in [-0.25, -0.2) is 0 Å². The molecule has 0 bridgehead atoms. The highest BCUT2D eigenvalue weighted by molar-refractivity contribution is 5.76. The minimum Gasteiger partial charge on any atom is -0.300 e. The molecule has 0 radical (unpaired) electrons. The molecule has 2 unspecified atom stereocenters. The van der Waals surface area contributed by atoms with E-state index in [9.17, 15) is 4.79 Å². The van der Waals surface area contributed by atoms with Crippen LogP contribution in [0, 0.1) is 5.92 Å². The number of nitrogens with zero attached hydrogens (tertiary/aromatic N) is 1. The van der Waals surface area contributed by atoms with Gasteiger partial charge in [-0.2, -0.15) is 0 Å². The summed E-state index contributed by atoms with van der Waals surface area (Å²) in [5.74, 6) is 0.912. The smallest absolute Gasteiger partial charge is 0.131 e. The fraction of sp³-hybridized carbons (Fsp3) is 0.909. The van der Waals surface area contributed by atoms with Crippen LogP contribution in [0.15, 0.2) is 0 Å². The number of carbonyl (C=O) groups is 1. The molecule has 0 amide bonds. The molecule has 0 saturated carbocycles. The SMILES string of the molecule is CC(=O)CC(C)N(C)C(C)C(C)C. The second-order valence-corrected chi connectivity index (χ2v) is 4.41. The Bertz CT molecular complexity index is 165. The maximum absolute atomic E-state index is 10.9. The first-order valence-corrected chi connectivity index (χ1v) is 5.07. The van der Waals surface area contributed by atoms with Crippen molar-refractivity contribution < 1.29 is 4.79 Å². The van der Waals surface area contributed by atoms with E-state index >= 15 is 0 Å². The molecule has 78 valence electrons. The van der Waals surface area contributed by atoms with Gasteiger partial charge >= 0.3 is 0 Å². The zero-order chi connectivity index (χ0) is 10.6. The van der Waals surface area contributed by atoms with Gasteiger partial charge in [0, 0.05) is 18.5 Å². The van der Waals surface area contributed by atoms with E-state index in [1.54, 1.807) is 6.92 Å². The van der Waals surface area contributed by atoms with Crippen LogP contribution in [0.3, 0.4) is 0 Å². The van der Waals surface area contributed by atoms with E-state index in [4.69, 9.17) is 0 Å². The van der Waals surface area contributed by atoms with Gasteiger partial charge < -0.3 is 4.90 Å². The van der Waals surface area contributed by atoms with Crippen molar-refractivity contribution in [1.82, 2.24) is 4.90 Å². The Hall–Kier alpha value is -0.370. The van der Waals surface area contributed by atoms with E-state index in [-0.39, 0.29) is 5.78 Å². The first-order valence-electron chi connectivity index (χ1n) is 5.07. The van der Waals surface area contributed by atoms with Crippen molar-refractivity contribution in [3.05, 3.63) is 0 Å². The van der Waals surface area contributed by atoms with Crippen LogP contribution in [-0.2, 0) is 4.79 Å². The predicted molar refractivity (Wildman–Crippen MR) is 56.8 cm³/mol. The van der Waals surface area contributed by atoms with Crippen LogP contribution in [-0.4, -0.2) is 29.8 Å². The molecule has 0 aliphatic rings. The van der Waals surface area contributed by atoms with E-state index < -0.39 is 0 Å². The minimum atomic E-state index is 0.273. The number of hydrogen-bond acceptors (Lipinski definition) is 2. The van der Waals surface area contributed by atoms with Gasteiger partial charge in [-0.15, -0.1) is 0 Å². The molecule has 0 fully saturated rings. The topological polar surface area (TPSA) is 20.3 Å². The van der Waals surface area contributed by atoms with Gasteiger partial charge in [0.2, 0.25) is 0 Å². The van der Waals surface area contributed by atoms with Crippen molar-refractivity contribution in [1.29, 1.82) is 0 Å². The number of Topliss-reactive ketones (excluding diaryl/α,β-unsaturated/α-hetero) is 1. The predicted octanol–water partition coefficient (Wildman–Crippen LogP) is 2.33. The van der Waals surface area contributed by atoms with Gasteiger partial charge in [-0.05, 0) is 33.7 Å². The maximum atomic E-state index is 10.9. The van der Waals surface area contributed by atoms with Gasteiger partial charge in [0.1, 0.15) is 5.78 Å². The third-order valence-electron chi connectivity index (χ3n) is 2.89. The normalized spacial score (nSPS) is 16.3. The Balaban J connectivity index is 4.08. The van der Waals surface area contributed by atoms with E-state index in [1.807, 2.05) is 0 Å². The lowest BCUT2D eigenvalue weighted by Gasteiger charge is -2.32. The van der Waals surface area contributed by atoms with Gasteiger partial charge in [-0.1, -0.05) is 13.8 Å². The van der Waals surface area contributed by atoms with Crippen molar-refractivity contribution in [3.63, 3.8) is 0 Å². The largest absolute Gasteiger partial charge is 0.300 e. The summed E-state index contributed by atoms with van der Waals surface area (Å²) in [6.45, 7) is 10.4. The summed E-state index contributed by atoms with van der Waals surface area (Å²) in [4.78, 5) is 13.2. The average molecular weight is 185 g/mol. The van der Waals surface area contributed by atoms with Gasteiger partial charge in [0.15, 0.2) is 0 Å². The molecule has 0 aliphatic heterocycles. The standard InChI is InChI=1S/C11H23NO/c1-8(2)11(5)12(6)9(3)7-10(4)13/h8-9,11H,7H2,1-6H3. The molecule has 0 aromatic rings. The van der Waals surface area contributed by atoms with E-state index in [2.05, 4.69) is 39.6 Å². The summed E-state index contributed by atoms with van der Waals surface area (Å²) in [5, 5.41) is 0. The number of rotatable bonds is 5. The maximum Gasteiger partial charge on any atom is 0.131 e. The van der Waals surface area contributed by atoms with Crippen molar-refractivity contribution in [2.75, 3.05) is 7.05 Å². The van der Waals surface area contributed by atoms with Crippen molar-refractivity contribution >= 4 is 5.78 Å². The Morgan fingerprint density at radius 2 is 1.69 bits per heavy atom. The van der Waals surface area contributed by atoms with Gasteiger partial charge in [-0.3, -0.25) is 4.79 Å².